The zero-order valence-electron chi connectivity index (χ0n) is 43.7. The van der Waals surface area contributed by atoms with Gasteiger partial charge >= 0.3 is 5.97 Å². The van der Waals surface area contributed by atoms with Crippen molar-refractivity contribution < 1.29 is 58.2 Å². The van der Waals surface area contributed by atoms with Gasteiger partial charge in [-0.05, 0) is 81.6 Å². The highest BCUT2D eigenvalue weighted by atomic mass is 16.4. The lowest BCUT2D eigenvalue weighted by Crippen LogP contribution is -2.61. The fourth-order valence-corrected chi connectivity index (χ4v) is 8.22. The maximum absolute atomic E-state index is 14.4. The second-order valence-electron chi connectivity index (χ2n) is 20.4. The van der Waals surface area contributed by atoms with Gasteiger partial charge in [0.25, 0.3) is 0 Å². The van der Waals surface area contributed by atoms with Crippen LogP contribution in [0.4, 0.5) is 0 Å². The topological polar surface area (TPSA) is 405 Å². The molecule has 2 heterocycles. The van der Waals surface area contributed by atoms with Crippen LogP contribution in [0.2, 0.25) is 0 Å². The van der Waals surface area contributed by atoms with E-state index in [2.05, 4.69) is 47.2 Å². The van der Waals surface area contributed by atoms with Gasteiger partial charge in [-0.1, -0.05) is 61.8 Å². The van der Waals surface area contributed by atoms with Crippen LogP contribution in [0, 0.1) is 23.7 Å². The Kier molecular flexibility index (Phi) is 27.1. The minimum Gasteiger partial charge on any atom is -0.480 e. The number of primary amides is 1. The number of carbonyl (C=O) groups excluding carboxylic acids is 9. The number of carboxylic acids is 1. The van der Waals surface area contributed by atoms with E-state index in [1.807, 2.05) is 41.5 Å². The number of carboxylic acid groups (broad SMARTS) is 1. The summed E-state index contributed by atoms with van der Waals surface area (Å²) in [5.41, 5.74) is 17.4. The average Bonchev–Trinajstić information content (AvgIpc) is 4.02. The molecule has 0 spiro atoms. The summed E-state index contributed by atoms with van der Waals surface area (Å²) in [4.78, 5) is 142. The molecule has 0 aliphatic carbocycles. The molecule has 25 heteroatoms. The molecule has 1 fully saturated rings. The van der Waals surface area contributed by atoms with Gasteiger partial charge in [0, 0.05) is 31.3 Å². The van der Waals surface area contributed by atoms with Gasteiger partial charge in [-0.25, -0.2) is 9.78 Å². The minimum absolute atomic E-state index is 0.0425. The first kappa shape index (κ1) is 62.9. The Balaban J connectivity index is 2.35. The number of amides is 9. The molecule has 1 aliphatic rings. The number of hydrogen-bond acceptors (Lipinski definition) is 14. The van der Waals surface area contributed by atoms with Crippen molar-refractivity contribution in [3.8, 4) is 0 Å². The molecule has 0 unspecified atom stereocenters. The molecule has 412 valence electrons. The van der Waals surface area contributed by atoms with Gasteiger partial charge < -0.3 is 74.5 Å². The Morgan fingerprint density at radius 3 is 1.70 bits per heavy atom. The van der Waals surface area contributed by atoms with Crippen molar-refractivity contribution in [1.82, 2.24) is 52.1 Å². The first-order valence-corrected chi connectivity index (χ1v) is 25.3. The SMILES string of the molecule is CC(C)C[C@H](NC(=O)[C@H](CC(C)C)NC(=O)[C@@H](NC(=O)[C@@H]1CCCN1C(=O)[C@H](CCC(N)=O)NC(=O)[C@H](Cc1cnc[nH]1)NC(=O)[C@H](CO)NC(=O)[C@H](CC(C)C)NC(=O)[C@@H](N)CCCCN)C(C)C)C(=O)O. The zero-order valence-corrected chi connectivity index (χ0v) is 43.7. The standard InChI is InChI=1S/C48H83N13O12/c1-25(2)18-32(55-40(64)30(50)12-9-10-16-49)42(66)59-36(23-62)44(68)56-34(21-29-22-52-24-53-29)43(67)54-31(14-15-38(51)63)47(71)61-17-11-13-37(61)45(69)60-39(28(7)8)46(70)57-33(19-26(3)4)41(65)58-35(48(72)73)20-27(5)6/h22,24-28,30-37,39,62H,9-21,23,49-50H2,1-8H3,(H2,51,63)(H,52,53)(H,54,67)(H,55,64)(H,56,68)(H,57,70)(H,58,65)(H,59,66)(H,60,69)(H,72,73)/t30-,31-,32-,33-,34-,35-,36-,37-,39-/m0/s1. The fourth-order valence-electron chi connectivity index (χ4n) is 8.22. The predicted octanol–water partition coefficient (Wildman–Crippen LogP) is -2.07. The third-order valence-electron chi connectivity index (χ3n) is 12.1. The van der Waals surface area contributed by atoms with Gasteiger partial charge in [0.2, 0.25) is 53.2 Å². The van der Waals surface area contributed by atoms with E-state index >= 15 is 0 Å². The Bertz CT molecular complexity index is 2000. The maximum atomic E-state index is 14.4. The number of H-pyrrole nitrogens is 1. The second-order valence-corrected chi connectivity index (χ2v) is 20.4. The van der Waals surface area contributed by atoms with Gasteiger partial charge in [0.05, 0.1) is 19.0 Å². The van der Waals surface area contributed by atoms with Gasteiger partial charge in [-0.2, -0.15) is 0 Å². The molecule has 1 aliphatic heterocycles. The lowest BCUT2D eigenvalue weighted by Gasteiger charge is -2.32. The monoisotopic (exact) mass is 1030 g/mol. The number of imidazole rings is 1. The molecular formula is C48H83N13O12. The summed E-state index contributed by atoms with van der Waals surface area (Å²) < 4.78 is 0. The Labute approximate surface area is 427 Å². The van der Waals surface area contributed by atoms with E-state index in [1.54, 1.807) is 13.8 Å². The van der Waals surface area contributed by atoms with E-state index in [9.17, 15) is 58.2 Å². The molecule has 0 bridgehead atoms. The Morgan fingerprint density at radius 2 is 1.19 bits per heavy atom. The lowest BCUT2D eigenvalue weighted by molar-refractivity contribution is -0.143. The molecule has 1 saturated heterocycles. The van der Waals surface area contributed by atoms with Crippen LogP contribution in [0.15, 0.2) is 12.5 Å². The zero-order chi connectivity index (χ0) is 55.1. The van der Waals surface area contributed by atoms with E-state index in [0.29, 0.717) is 37.9 Å². The van der Waals surface area contributed by atoms with Crippen LogP contribution in [0.1, 0.15) is 125 Å². The molecule has 2 rings (SSSR count). The van der Waals surface area contributed by atoms with Crippen LogP contribution in [0.25, 0.3) is 0 Å². The van der Waals surface area contributed by atoms with E-state index in [4.69, 9.17) is 17.2 Å². The lowest BCUT2D eigenvalue weighted by atomic mass is 9.98. The van der Waals surface area contributed by atoms with Crippen LogP contribution in [0.5, 0.6) is 0 Å². The second kappa shape index (κ2) is 31.4. The number of nitrogens with two attached hydrogens (primary N) is 3. The molecule has 0 saturated carbocycles. The summed E-state index contributed by atoms with van der Waals surface area (Å²) in [6.07, 6.45) is 4.30. The number of unbranched alkanes of at least 4 members (excludes halogenated alkanes) is 1. The van der Waals surface area contributed by atoms with Crippen molar-refractivity contribution in [2.45, 2.75) is 180 Å². The van der Waals surface area contributed by atoms with Gasteiger partial charge in [0.1, 0.15) is 48.3 Å². The van der Waals surface area contributed by atoms with Crippen LogP contribution < -0.4 is 54.4 Å². The number of aromatic amines is 1. The van der Waals surface area contributed by atoms with Crippen molar-refractivity contribution in [3.05, 3.63) is 18.2 Å². The number of hydrogen-bond donors (Lipinski definition) is 13. The number of aromatic nitrogens is 2. The third-order valence-corrected chi connectivity index (χ3v) is 12.1. The first-order valence-electron chi connectivity index (χ1n) is 25.3. The number of aliphatic hydroxyl groups excluding tert-OH is 1. The Morgan fingerprint density at radius 1 is 0.685 bits per heavy atom. The van der Waals surface area contributed by atoms with E-state index in [-0.39, 0.29) is 69.2 Å². The van der Waals surface area contributed by atoms with Gasteiger partial charge in [-0.15, -0.1) is 0 Å². The molecule has 0 radical (unpaired) electrons. The summed E-state index contributed by atoms with van der Waals surface area (Å²) in [7, 11) is 0. The molecule has 9 atom stereocenters. The highest BCUT2D eigenvalue weighted by Crippen LogP contribution is 2.21. The summed E-state index contributed by atoms with van der Waals surface area (Å²) in [5, 5.41) is 38.2. The quantitative estimate of drug-likeness (QED) is 0.0337. The third kappa shape index (κ3) is 21.8. The number of likely N-dealkylation sites (tertiary alicyclic amines) is 1. The first-order chi connectivity index (χ1) is 34.3. The van der Waals surface area contributed by atoms with Crippen LogP contribution in [-0.2, 0) is 54.4 Å². The van der Waals surface area contributed by atoms with Crippen LogP contribution in [-0.4, -0.2) is 158 Å². The van der Waals surface area contributed by atoms with Gasteiger partial charge in [0.15, 0.2) is 0 Å². The van der Waals surface area contributed by atoms with Crippen molar-refractivity contribution in [3.63, 3.8) is 0 Å². The molecule has 1 aromatic heterocycles. The number of aliphatic hydroxyl groups is 1. The van der Waals surface area contributed by atoms with Crippen molar-refractivity contribution >= 4 is 59.1 Å². The normalized spacial score (nSPS) is 16.9. The average molecular weight is 1030 g/mol. The number of nitrogens with one attached hydrogen (secondary N) is 8. The molecule has 9 amide bonds. The molecule has 16 N–H and O–H groups in total. The summed E-state index contributed by atoms with van der Waals surface area (Å²) in [5.74, 6) is -9.04. The van der Waals surface area contributed by atoms with Gasteiger partial charge in [-0.3, -0.25) is 43.2 Å². The highest BCUT2D eigenvalue weighted by molar-refractivity contribution is 5.98. The smallest absolute Gasteiger partial charge is 0.326 e. The summed E-state index contributed by atoms with van der Waals surface area (Å²) in [6, 6.07) is -11.4. The molecule has 1 aromatic rings. The van der Waals surface area contributed by atoms with Crippen molar-refractivity contribution in [1.29, 1.82) is 0 Å². The van der Waals surface area contributed by atoms with E-state index < -0.39 is 126 Å². The predicted molar refractivity (Wildman–Crippen MR) is 268 cm³/mol. The number of rotatable bonds is 33. The fraction of sp³-hybridized carbons (Fsp3) is 0.729. The summed E-state index contributed by atoms with van der Waals surface area (Å²) in [6.45, 7) is 13.8. The largest absolute Gasteiger partial charge is 0.480 e. The van der Waals surface area contributed by atoms with E-state index in [1.165, 1.54) is 17.4 Å². The highest BCUT2D eigenvalue weighted by Gasteiger charge is 2.41. The maximum Gasteiger partial charge on any atom is 0.326 e. The van der Waals surface area contributed by atoms with Crippen molar-refractivity contribution in [2.24, 2.45) is 40.9 Å². The summed E-state index contributed by atoms with van der Waals surface area (Å²) >= 11 is 0. The molecule has 73 heavy (non-hydrogen) atoms. The van der Waals surface area contributed by atoms with Crippen LogP contribution in [0.3, 0.4) is 0 Å². The number of nitrogens with zero attached hydrogens (tertiary/aromatic N) is 2. The minimum atomic E-state index is -1.63. The molecule has 0 aromatic carbocycles. The number of carbonyl (C=O) groups is 10. The van der Waals surface area contributed by atoms with E-state index in [0.717, 1.165) is 0 Å². The molecular weight excluding hydrogens is 951 g/mol. The van der Waals surface area contributed by atoms with Crippen molar-refractivity contribution in [2.75, 3.05) is 19.7 Å². The molecule has 25 nitrogen and oxygen atoms in total. The number of aliphatic carboxylic acids is 1. The van der Waals surface area contributed by atoms with Crippen LogP contribution >= 0.6 is 0 Å². The Hall–Kier alpha value is -6.21.